The topological polar surface area (TPSA) is 81.9 Å². The predicted molar refractivity (Wildman–Crippen MR) is 124 cm³/mol. The average molecular weight is 425 g/mol. The molecule has 160 valence electrons. The van der Waals surface area contributed by atoms with E-state index in [-0.39, 0.29) is 5.91 Å². The summed E-state index contributed by atoms with van der Waals surface area (Å²) in [6, 6.07) is 19.3. The summed E-state index contributed by atoms with van der Waals surface area (Å²) in [6.45, 7) is 2.55. The fraction of sp³-hybridized carbons (Fsp3) is 0.120. The number of benzene rings is 2. The van der Waals surface area contributed by atoms with Crippen molar-refractivity contribution in [1.82, 2.24) is 19.7 Å². The maximum Gasteiger partial charge on any atom is 0.274 e. The number of para-hydroxylation sites is 1. The zero-order valence-electron chi connectivity index (χ0n) is 17.9. The van der Waals surface area contributed by atoms with E-state index in [2.05, 4.69) is 20.4 Å². The van der Waals surface area contributed by atoms with Crippen molar-refractivity contribution < 1.29 is 9.53 Å². The molecule has 2 aromatic heterocycles. The molecule has 1 N–H and O–H groups in total. The molecule has 32 heavy (non-hydrogen) atoms. The number of nitrogens with one attached hydrogen (secondary N) is 1. The van der Waals surface area contributed by atoms with Gasteiger partial charge in [-0.15, -0.1) is 5.10 Å². The van der Waals surface area contributed by atoms with Crippen molar-refractivity contribution in [3.8, 4) is 17.1 Å². The van der Waals surface area contributed by atoms with Gasteiger partial charge in [0.1, 0.15) is 5.75 Å². The third-order valence-corrected chi connectivity index (χ3v) is 4.85. The lowest BCUT2D eigenvalue weighted by Gasteiger charge is -2.06. The lowest BCUT2D eigenvalue weighted by molar-refractivity contribution is 0.0957. The van der Waals surface area contributed by atoms with Gasteiger partial charge in [-0.1, -0.05) is 48.0 Å². The van der Waals surface area contributed by atoms with Crippen LogP contribution < -0.4 is 10.1 Å². The second-order valence-corrected chi connectivity index (χ2v) is 7.17. The number of aromatic nitrogens is 4. The monoisotopic (exact) mass is 425 g/mol. The largest absolute Gasteiger partial charge is 0.496 e. The van der Waals surface area contributed by atoms with E-state index in [4.69, 9.17) is 4.74 Å². The first kappa shape index (κ1) is 21.0. The third kappa shape index (κ3) is 4.89. The fourth-order valence-electron chi connectivity index (χ4n) is 3.12. The molecule has 0 aliphatic carbocycles. The first-order chi connectivity index (χ1) is 15.6. The van der Waals surface area contributed by atoms with Crippen LogP contribution in [0.2, 0.25) is 0 Å². The Morgan fingerprint density at radius 3 is 2.66 bits per heavy atom. The fourth-order valence-corrected chi connectivity index (χ4v) is 3.12. The number of pyridine rings is 1. The van der Waals surface area contributed by atoms with Gasteiger partial charge < -0.3 is 10.1 Å². The maximum absolute atomic E-state index is 13.0. The smallest absolute Gasteiger partial charge is 0.274 e. The van der Waals surface area contributed by atoms with Gasteiger partial charge in [0.15, 0.2) is 5.82 Å². The molecule has 7 heteroatoms. The van der Waals surface area contributed by atoms with Gasteiger partial charge in [0, 0.05) is 36.1 Å². The van der Waals surface area contributed by atoms with E-state index in [1.54, 1.807) is 31.6 Å². The molecule has 0 unspecified atom stereocenters. The van der Waals surface area contributed by atoms with Crippen LogP contribution in [0, 0.1) is 6.92 Å². The highest BCUT2D eigenvalue weighted by Gasteiger charge is 2.16. The lowest BCUT2D eigenvalue weighted by Crippen LogP contribution is -2.14. The number of anilines is 1. The summed E-state index contributed by atoms with van der Waals surface area (Å²) in [4.78, 5) is 21.7. The molecule has 0 aliphatic rings. The van der Waals surface area contributed by atoms with Gasteiger partial charge in [-0.3, -0.25) is 9.78 Å². The molecule has 0 spiro atoms. The first-order valence-corrected chi connectivity index (χ1v) is 10.2. The van der Waals surface area contributed by atoms with Crippen molar-refractivity contribution in [3.63, 3.8) is 0 Å². The summed E-state index contributed by atoms with van der Waals surface area (Å²) in [7, 11) is 1.60. The number of methoxy groups -OCH3 is 1. The van der Waals surface area contributed by atoms with Gasteiger partial charge in [-0.05, 0) is 36.8 Å². The zero-order chi connectivity index (χ0) is 22.3. The maximum atomic E-state index is 13.0. The summed E-state index contributed by atoms with van der Waals surface area (Å²) in [6.07, 6.45) is 6.50. The van der Waals surface area contributed by atoms with Crippen molar-refractivity contribution in [2.24, 2.45) is 0 Å². The molecular formula is C25H23N5O2. The lowest BCUT2D eigenvalue weighted by atomic mass is 10.1. The molecule has 0 bridgehead atoms. The quantitative estimate of drug-likeness (QED) is 0.435. The van der Waals surface area contributed by atoms with Crippen molar-refractivity contribution in [3.05, 3.63) is 95.8 Å². The molecule has 4 aromatic rings. The molecule has 0 amide bonds. The summed E-state index contributed by atoms with van der Waals surface area (Å²) < 4.78 is 6.61. The normalized spacial score (nSPS) is 10.9. The van der Waals surface area contributed by atoms with Crippen LogP contribution in [0.5, 0.6) is 5.75 Å². The van der Waals surface area contributed by atoms with Gasteiger partial charge in [0.2, 0.25) is 5.95 Å². The van der Waals surface area contributed by atoms with Crippen LogP contribution >= 0.6 is 0 Å². The summed E-state index contributed by atoms with van der Waals surface area (Å²) >= 11 is 0. The Labute approximate surface area is 186 Å². The van der Waals surface area contributed by atoms with Crippen LogP contribution in [0.25, 0.3) is 17.5 Å². The molecule has 0 saturated heterocycles. The van der Waals surface area contributed by atoms with E-state index in [0.717, 1.165) is 16.7 Å². The second-order valence-electron chi connectivity index (χ2n) is 7.17. The zero-order valence-corrected chi connectivity index (χ0v) is 17.9. The molecule has 0 atom stereocenters. The number of hydrogen-bond donors (Lipinski definition) is 1. The Morgan fingerprint density at radius 1 is 1.09 bits per heavy atom. The number of ether oxygens (including phenoxy) is 1. The SMILES string of the molecule is COc1ccccc1C=CC(=O)n1nc(-c2cccnc2)nc1NCc1ccc(C)cc1. The molecule has 4 rings (SSSR count). The number of hydrogen-bond acceptors (Lipinski definition) is 6. The van der Waals surface area contributed by atoms with E-state index in [1.807, 2.05) is 61.5 Å². The molecule has 0 aliphatic heterocycles. The minimum Gasteiger partial charge on any atom is -0.496 e. The summed E-state index contributed by atoms with van der Waals surface area (Å²) in [5.74, 6) is 1.14. The molecule has 0 fully saturated rings. The Hall–Kier alpha value is -4.26. The summed E-state index contributed by atoms with van der Waals surface area (Å²) in [5, 5.41) is 7.66. The van der Waals surface area contributed by atoms with Crippen LogP contribution in [-0.4, -0.2) is 32.8 Å². The van der Waals surface area contributed by atoms with Crippen molar-refractivity contribution >= 4 is 17.9 Å². The highest BCUT2D eigenvalue weighted by Crippen LogP contribution is 2.20. The molecule has 2 heterocycles. The van der Waals surface area contributed by atoms with Crippen LogP contribution in [0.1, 0.15) is 21.5 Å². The van der Waals surface area contributed by atoms with Crippen LogP contribution in [0.15, 0.2) is 79.1 Å². The van der Waals surface area contributed by atoms with Crippen molar-refractivity contribution in [2.45, 2.75) is 13.5 Å². The van der Waals surface area contributed by atoms with Crippen LogP contribution in [-0.2, 0) is 6.54 Å². The van der Waals surface area contributed by atoms with Gasteiger partial charge in [-0.2, -0.15) is 9.67 Å². The third-order valence-electron chi connectivity index (χ3n) is 4.85. The predicted octanol–water partition coefficient (Wildman–Crippen LogP) is 4.62. The Morgan fingerprint density at radius 2 is 1.91 bits per heavy atom. The average Bonchev–Trinajstić information content (AvgIpc) is 3.27. The van der Waals surface area contributed by atoms with Crippen molar-refractivity contribution in [1.29, 1.82) is 0 Å². The molecule has 0 saturated carbocycles. The highest BCUT2D eigenvalue weighted by molar-refractivity contribution is 5.95. The van der Waals surface area contributed by atoms with Gasteiger partial charge in [0.05, 0.1) is 7.11 Å². The van der Waals surface area contributed by atoms with E-state index < -0.39 is 0 Å². The number of carbonyl (C=O) groups is 1. The number of allylic oxidation sites excluding steroid dienone is 1. The molecule has 0 radical (unpaired) electrons. The van der Waals surface area contributed by atoms with Crippen molar-refractivity contribution in [2.75, 3.05) is 12.4 Å². The van der Waals surface area contributed by atoms with E-state index in [1.165, 1.54) is 16.3 Å². The minimum atomic E-state index is -0.329. The van der Waals surface area contributed by atoms with Gasteiger partial charge in [-0.25, -0.2) is 0 Å². The standard InChI is InChI=1S/C25H23N5O2/c1-18-9-11-19(12-10-18)16-27-25-28-24(21-7-5-15-26-17-21)29-30(25)23(31)14-13-20-6-3-4-8-22(20)32-2/h3-15,17H,16H2,1-2H3,(H,27,28,29). The summed E-state index contributed by atoms with van der Waals surface area (Å²) in [5.41, 5.74) is 3.79. The Balaban J connectivity index is 1.62. The first-order valence-electron chi connectivity index (χ1n) is 10.2. The number of nitrogens with zero attached hydrogens (tertiary/aromatic N) is 4. The van der Waals surface area contributed by atoms with E-state index >= 15 is 0 Å². The van der Waals surface area contributed by atoms with Crippen LogP contribution in [0.3, 0.4) is 0 Å². The molecule has 7 nitrogen and oxygen atoms in total. The van der Waals surface area contributed by atoms with E-state index in [9.17, 15) is 4.79 Å². The second kappa shape index (κ2) is 9.70. The molecular weight excluding hydrogens is 402 g/mol. The highest BCUT2D eigenvalue weighted by atomic mass is 16.5. The van der Waals surface area contributed by atoms with Gasteiger partial charge >= 0.3 is 0 Å². The Kier molecular flexibility index (Phi) is 6.36. The number of aryl methyl sites for hydroxylation is 1. The number of carbonyl (C=O) groups excluding carboxylic acids is 1. The minimum absolute atomic E-state index is 0.329. The number of rotatable bonds is 7. The van der Waals surface area contributed by atoms with E-state index in [0.29, 0.717) is 24.1 Å². The van der Waals surface area contributed by atoms with Crippen LogP contribution in [0.4, 0.5) is 5.95 Å². The van der Waals surface area contributed by atoms with Gasteiger partial charge in [0.25, 0.3) is 5.91 Å². The molecule has 2 aromatic carbocycles. The Bertz CT molecular complexity index is 1230.